The first-order valence-corrected chi connectivity index (χ1v) is 10.8. The predicted molar refractivity (Wildman–Crippen MR) is 104 cm³/mol. The average molecular weight is 460 g/mol. The SMILES string of the molecule is Cn1c(N2CCCCS2(=O)=O)nc(C(=O)NCc2ccc(C(F)(F)F)cc2)c(O)c1=O. The average Bonchev–Trinajstić information content (AvgIpc) is 2.70. The van der Waals surface area contributed by atoms with Gasteiger partial charge in [0.25, 0.3) is 11.5 Å². The third kappa shape index (κ3) is 4.65. The molecule has 0 bridgehead atoms. The zero-order valence-corrected chi connectivity index (χ0v) is 17.1. The molecular formula is C18H19F3N4O5S. The monoisotopic (exact) mass is 460 g/mol. The molecule has 9 nitrogen and oxygen atoms in total. The topological polar surface area (TPSA) is 122 Å². The van der Waals surface area contributed by atoms with Crippen LogP contribution in [0.15, 0.2) is 29.1 Å². The Morgan fingerprint density at radius 2 is 1.87 bits per heavy atom. The number of rotatable bonds is 4. The van der Waals surface area contributed by atoms with E-state index in [1.165, 1.54) is 19.2 Å². The van der Waals surface area contributed by atoms with Crippen LogP contribution in [-0.4, -0.2) is 41.3 Å². The molecule has 0 aliphatic carbocycles. The van der Waals surface area contributed by atoms with Gasteiger partial charge in [-0.1, -0.05) is 12.1 Å². The molecule has 1 aromatic heterocycles. The minimum absolute atomic E-state index is 0.0694. The standard InChI is InChI=1S/C18H19F3N4O5S/c1-24-16(28)14(26)13(23-17(24)25-8-2-3-9-31(25,29)30)15(27)22-10-11-4-6-12(7-5-11)18(19,20)21/h4-7,26H,2-3,8-10H2,1H3,(H,22,27). The fraction of sp³-hybridized carbons (Fsp3) is 0.389. The number of carbonyl (C=O) groups excluding carboxylic acids is 1. The summed E-state index contributed by atoms with van der Waals surface area (Å²) in [4.78, 5) is 28.7. The Morgan fingerprint density at radius 1 is 1.23 bits per heavy atom. The van der Waals surface area contributed by atoms with Gasteiger partial charge in [-0.05, 0) is 30.5 Å². The van der Waals surface area contributed by atoms with Gasteiger partial charge in [-0.2, -0.15) is 13.2 Å². The Kier molecular flexibility index (Phi) is 5.98. The number of halogens is 3. The highest BCUT2D eigenvalue weighted by Crippen LogP contribution is 2.29. The van der Waals surface area contributed by atoms with Gasteiger partial charge in [0.15, 0.2) is 5.69 Å². The highest BCUT2D eigenvalue weighted by molar-refractivity contribution is 7.92. The smallest absolute Gasteiger partial charge is 0.416 e. The molecule has 0 radical (unpaired) electrons. The van der Waals surface area contributed by atoms with E-state index in [2.05, 4.69) is 10.3 Å². The second kappa shape index (κ2) is 8.21. The number of aromatic hydroxyl groups is 1. The summed E-state index contributed by atoms with van der Waals surface area (Å²) >= 11 is 0. The van der Waals surface area contributed by atoms with Gasteiger partial charge in [0, 0.05) is 20.1 Å². The Bertz CT molecular complexity index is 1160. The van der Waals surface area contributed by atoms with Crippen molar-refractivity contribution in [2.24, 2.45) is 7.05 Å². The number of anilines is 1. The lowest BCUT2D eigenvalue weighted by molar-refractivity contribution is -0.137. The number of carbonyl (C=O) groups is 1. The van der Waals surface area contributed by atoms with Crippen LogP contribution in [0.2, 0.25) is 0 Å². The van der Waals surface area contributed by atoms with Gasteiger partial charge in [-0.3, -0.25) is 14.2 Å². The van der Waals surface area contributed by atoms with Crippen molar-refractivity contribution in [2.75, 3.05) is 16.6 Å². The lowest BCUT2D eigenvalue weighted by Crippen LogP contribution is -2.42. The molecular weight excluding hydrogens is 441 g/mol. The van der Waals surface area contributed by atoms with E-state index < -0.39 is 44.7 Å². The van der Waals surface area contributed by atoms with E-state index in [0.29, 0.717) is 18.4 Å². The lowest BCUT2D eigenvalue weighted by Gasteiger charge is -2.28. The molecule has 2 heterocycles. The van der Waals surface area contributed by atoms with Crippen molar-refractivity contribution >= 4 is 21.9 Å². The van der Waals surface area contributed by atoms with Crippen molar-refractivity contribution in [2.45, 2.75) is 25.6 Å². The molecule has 1 aromatic carbocycles. The van der Waals surface area contributed by atoms with Crippen LogP contribution in [0.1, 0.15) is 34.5 Å². The first-order valence-electron chi connectivity index (χ1n) is 9.16. The molecule has 0 atom stereocenters. The Balaban J connectivity index is 1.86. The zero-order valence-electron chi connectivity index (χ0n) is 16.3. The van der Waals surface area contributed by atoms with Crippen molar-refractivity contribution in [3.05, 3.63) is 51.4 Å². The summed E-state index contributed by atoms with van der Waals surface area (Å²) in [6.45, 7) is -0.134. The molecule has 1 saturated heterocycles. The van der Waals surface area contributed by atoms with E-state index in [-0.39, 0.29) is 24.8 Å². The van der Waals surface area contributed by atoms with E-state index in [9.17, 15) is 36.3 Å². The molecule has 3 rings (SSSR count). The van der Waals surface area contributed by atoms with Crippen LogP contribution in [-0.2, 0) is 29.8 Å². The van der Waals surface area contributed by atoms with E-state index >= 15 is 0 Å². The Hall–Kier alpha value is -3.09. The van der Waals surface area contributed by atoms with E-state index in [1.807, 2.05) is 0 Å². The summed E-state index contributed by atoms with van der Waals surface area (Å²) in [5.74, 6) is -2.39. The number of amides is 1. The molecule has 1 aliphatic rings. The van der Waals surface area contributed by atoms with Crippen LogP contribution >= 0.6 is 0 Å². The van der Waals surface area contributed by atoms with Gasteiger partial charge in [0.1, 0.15) is 0 Å². The molecule has 2 N–H and O–H groups in total. The number of sulfonamides is 1. The van der Waals surface area contributed by atoms with Crippen LogP contribution in [0.5, 0.6) is 5.75 Å². The van der Waals surface area contributed by atoms with Crippen LogP contribution < -0.4 is 15.2 Å². The minimum atomic E-state index is -4.49. The van der Waals surface area contributed by atoms with Crippen LogP contribution in [0.25, 0.3) is 0 Å². The third-order valence-electron chi connectivity index (χ3n) is 4.77. The molecule has 0 saturated carbocycles. The first kappa shape index (κ1) is 22.6. The van der Waals surface area contributed by atoms with E-state index in [0.717, 1.165) is 21.0 Å². The van der Waals surface area contributed by atoms with Gasteiger partial charge in [-0.15, -0.1) is 0 Å². The number of aromatic nitrogens is 2. The van der Waals surface area contributed by atoms with Crippen molar-refractivity contribution in [3.8, 4) is 5.75 Å². The zero-order chi connectivity index (χ0) is 23.0. The minimum Gasteiger partial charge on any atom is -0.501 e. The molecule has 0 unspecified atom stereocenters. The Labute approximate surface area is 175 Å². The second-order valence-electron chi connectivity index (χ2n) is 6.95. The highest BCUT2D eigenvalue weighted by atomic mass is 32.2. The number of hydrogen-bond acceptors (Lipinski definition) is 6. The number of benzene rings is 1. The fourth-order valence-electron chi connectivity index (χ4n) is 3.05. The van der Waals surface area contributed by atoms with Crippen molar-refractivity contribution < 1.29 is 31.5 Å². The maximum absolute atomic E-state index is 12.6. The van der Waals surface area contributed by atoms with E-state index in [1.54, 1.807) is 0 Å². The fourth-order valence-corrected chi connectivity index (χ4v) is 4.66. The van der Waals surface area contributed by atoms with Gasteiger partial charge in [0.05, 0.1) is 11.3 Å². The largest absolute Gasteiger partial charge is 0.501 e. The molecule has 0 spiro atoms. The number of nitrogens with one attached hydrogen (secondary N) is 1. The van der Waals surface area contributed by atoms with Crippen LogP contribution in [0.4, 0.5) is 19.1 Å². The quantitative estimate of drug-likeness (QED) is 0.711. The van der Waals surface area contributed by atoms with Crippen LogP contribution in [0.3, 0.4) is 0 Å². The summed E-state index contributed by atoms with van der Waals surface area (Å²) in [7, 11) is -2.52. The summed E-state index contributed by atoms with van der Waals surface area (Å²) in [5.41, 5.74) is -2.19. The molecule has 1 aliphatic heterocycles. The van der Waals surface area contributed by atoms with Crippen LogP contribution in [0, 0.1) is 0 Å². The van der Waals surface area contributed by atoms with Crippen molar-refractivity contribution in [3.63, 3.8) is 0 Å². The van der Waals surface area contributed by atoms with Crippen molar-refractivity contribution in [1.82, 2.24) is 14.9 Å². The normalized spacial score (nSPS) is 16.2. The molecule has 31 heavy (non-hydrogen) atoms. The predicted octanol–water partition coefficient (Wildman–Crippen LogP) is 1.36. The molecule has 13 heteroatoms. The number of nitrogens with zero attached hydrogens (tertiary/aromatic N) is 3. The lowest BCUT2D eigenvalue weighted by atomic mass is 10.1. The van der Waals surface area contributed by atoms with Gasteiger partial charge in [-0.25, -0.2) is 17.7 Å². The molecule has 2 aromatic rings. The Morgan fingerprint density at radius 3 is 2.45 bits per heavy atom. The third-order valence-corrected chi connectivity index (χ3v) is 6.59. The summed E-state index contributed by atoms with van der Waals surface area (Å²) in [6.07, 6.45) is -3.51. The maximum atomic E-state index is 12.6. The molecule has 1 fully saturated rings. The second-order valence-corrected chi connectivity index (χ2v) is 8.96. The maximum Gasteiger partial charge on any atom is 0.416 e. The molecule has 168 valence electrons. The van der Waals surface area contributed by atoms with E-state index in [4.69, 9.17) is 0 Å². The number of hydrogen-bond donors (Lipinski definition) is 2. The first-order chi connectivity index (χ1) is 14.4. The summed E-state index contributed by atoms with van der Waals surface area (Å²) in [6, 6.07) is 4.06. The number of alkyl halides is 3. The summed E-state index contributed by atoms with van der Waals surface area (Å²) < 4.78 is 64.3. The van der Waals surface area contributed by atoms with Gasteiger partial charge in [0.2, 0.25) is 21.7 Å². The van der Waals surface area contributed by atoms with Gasteiger partial charge >= 0.3 is 6.18 Å². The van der Waals surface area contributed by atoms with Gasteiger partial charge < -0.3 is 10.4 Å². The summed E-state index contributed by atoms with van der Waals surface area (Å²) in [5, 5.41) is 12.4. The highest BCUT2D eigenvalue weighted by Gasteiger charge is 2.32. The molecule has 1 amide bonds. The van der Waals surface area contributed by atoms with Crippen molar-refractivity contribution in [1.29, 1.82) is 0 Å².